The van der Waals surface area contributed by atoms with E-state index in [1.807, 2.05) is 4.90 Å². The highest BCUT2D eigenvalue weighted by molar-refractivity contribution is 5.85. The molecular formula is C21H34N4O2. The van der Waals surface area contributed by atoms with Crippen LogP contribution in [0.25, 0.3) is 0 Å². The van der Waals surface area contributed by atoms with Gasteiger partial charge in [-0.1, -0.05) is 32.0 Å². The molecule has 1 fully saturated rings. The van der Waals surface area contributed by atoms with E-state index in [0.29, 0.717) is 32.1 Å². The molecule has 0 bridgehead atoms. The molecule has 0 spiro atoms. The first-order valence-corrected chi connectivity index (χ1v) is 9.85. The highest BCUT2D eigenvalue weighted by Gasteiger charge is 2.27. The number of hydrogen-bond donors (Lipinski definition) is 1. The SMILES string of the molecule is CCN(C)CC(C)CNC(=O)N1CCN(Cc2ccc(C)c(C)c2)C(=O)C1. The first kappa shape index (κ1) is 21.2. The highest BCUT2D eigenvalue weighted by atomic mass is 16.2. The predicted molar refractivity (Wildman–Crippen MR) is 109 cm³/mol. The summed E-state index contributed by atoms with van der Waals surface area (Å²) in [6.07, 6.45) is 0. The van der Waals surface area contributed by atoms with Gasteiger partial charge in [0.1, 0.15) is 6.54 Å². The molecule has 1 aliphatic rings. The second-order valence-electron chi connectivity index (χ2n) is 7.80. The number of carbonyl (C=O) groups excluding carboxylic acids is 2. The molecule has 27 heavy (non-hydrogen) atoms. The molecular weight excluding hydrogens is 340 g/mol. The monoisotopic (exact) mass is 374 g/mol. The van der Waals surface area contributed by atoms with Gasteiger partial charge < -0.3 is 20.0 Å². The van der Waals surface area contributed by atoms with Gasteiger partial charge in [-0.15, -0.1) is 0 Å². The largest absolute Gasteiger partial charge is 0.338 e. The van der Waals surface area contributed by atoms with Gasteiger partial charge in [0.2, 0.25) is 5.91 Å². The Morgan fingerprint density at radius 1 is 1.26 bits per heavy atom. The average molecular weight is 375 g/mol. The molecule has 6 heteroatoms. The zero-order valence-electron chi connectivity index (χ0n) is 17.4. The molecule has 1 aromatic carbocycles. The normalized spacial score (nSPS) is 16.0. The fourth-order valence-electron chi connectivity index (χ4n) is 3.27. The number of carbonyl (C=O) groups is 2. The van der Waals surface area contributed by atoms with E-state index in [2.05, 4.69) is 63.2 Å². The molecule has 2 rings (SSSR count). The molecule has 1 aromatic rings. The molecule has 1 N–H and O–H groups in total. The Hall–Kier alpha value is -2.08. The Kier molecular flexibility index (Phi) is 7.66. The van der Waals surface area contributed by atoms with Crippen molar-refractivity contribution in [3.63, 3.8) is 0 Å². The molecule has 1 saturated heterocycles. The van der Waals surface area contributed by atoms with Crippen LogP contribution in [0.4, 0.5) is 4.79 Å². The molecule has 1 unspecified atom stereocenters. The van der Waals surface area contributed by atoms with Gasteiger partial charge in [-0.05, 0) is 50.0 Å². The Bertz CT molecular complexity index is 662. The first-order valence-electron chi connectivity index (χ1n) is 9.85. The van der Waals surface area contributed by atoms with Crippen LogP contribution in [0.15, 0.2) is 18.2 Å². The number of nitrogens with one attached hydrogen (secondary N) is 1. The lowest BCUT2D eigenvalue weighted by molar-refractivity contribution is -0.135. The van der Waals surface area contributed by atoms with Crippen LogP contribution < -0.4 is 5.32 Å². The van der Waals surface area contributed by atoms with Gasteiger partial charge in [0, 0.05) is 32.7 Å². The fourth-order valence-corrected chi connectivity index (χ4v) is 3.27. The van der Waals surface area contributed by atoms with Crippen LogP contribution >= 0.6 is 0 Å². The topological polar surface area (TPSA) is 55.9 Å². The number of benzene rings is 1. The number of piperazine rings is 1. The van der Waals surface area contributed by atoms with Gasteiger partial charge in [-0.3, -0.25) is 4.79 Å². The van der Waals surface area contributed by atoms with Crippen molar-refractivity contribution in [3.8, 4) is 0 Å². The lowest BCUT2D eigenvalue weighted by atomic mass is 10.1. The minimum absolute atomic E-state index is 0.00777. The van der Waals surface area contributed by atoms with E-state index in [4.69, 9.17) is 0 Å². The standard InChI is InChI=1S/C21H34N4O2/c1-6-23(5)13-16(2)12-22-21(27)25-10-9-24(20(26)15-25)14-19-8-7-17(3)18(4)11-19/h7-8,11,16H,6,9-10,12-15H2,1-5H3,(H,22,27). The van der Waals surface area contributed by atoms with Crippen LogP contribution in [-0.4, -0.2) is 73.0 Å². The fraction of sp³-hybridized carbons (Fsp3) is 0.619. The third kappa shape index (κ3) is 6.24. The van der Waals surface area contributed by atoms with Crippen LogP contribution in [-0.2, 0) is 11.3 Å². The maximum Gasteiger partial charge on any atom is 0.317 e. The Labute approximate surface area is 163 Å². The predicted octanol–water partition coefficient (Wildman–Crippen LogP) is 2.25. The van der Waals surface area contributed by atoms with Crippen molar-refractivity contribution >= 4 is 11.9 Å². The molecule has 150 valence electrons. The smallest absolute Gasteiger partial charge is 0.317 e. The van der Waals surface area contributed by atoms with Crippen molar-refractivity contribution in [2.75, 3.05) is 46.3 Å². The molecule has 1 atom stereocenters. The van der Waals surface area contributed by atoms with Gasteiger partial charge in [-0.2, -0.15) is 0 Å². The number of amides is 3. The summed E-state index contributed by atoms with van der Waals surface area (Å²) < 4.78 is 0. The van der Waals surface area contributed by atoms with Crippen molar-refractivity contribution in [3.05, 3.63) is 34.9 Å². The second-order valence-corrected chi connectivity index (χ2v) is 7.80. The van der Waals surface area contributed by atoms with Crippen LogP contribution in [0, 0.1) is 19.8 Å². The summed E-state index contributed by atoms with van der Waals surface area (Å²) in [5.74, 6) is 0.383. The first-order chi connectivity index (χ1) is 12.8. The number of urea groups is 1. The summed E-state index contributed by atoms with van der Waals surface area (Å²) in [7, 11) is 2.08. The zero-order valence-corrected chi connectivity index (χ0v) is 17.4. The van der Waals surface area contributed by atoms with E-state index in [0.717, 1.165) is 18.7 Å². The minimum atomic E-state index is -0.139. The zero-order chi connectivity index (χ0) is 20.0. The summed E-state index contributed by atoms with van der Waals surface area (Å²) in [6.45, 7) is 12.9. The third-order valence-electron chi connectivity index (χ3n) is 5.32. The van der Waals surface area contributed by atoms with Gasteiger partial charge in [0.15, 0.2) is 0 Å². The summed E-state index contributed by atoms with van der Waals surface area (Å²) in [5, 5.41) is 2.97. The number of rotatable bonds is 7. The molecule has 0 radical (unpaired) electrons. The number of nitrogens with zero attached hydrogens (tertiary/aromatic N) is 3. The van der Waals surface area contributed by atoms with Crippen molar-refractivity contribution in [2.45, 2.75) is 34.2 Å². The molecule has 1 heterocycles. The maximum absolute atomic E-state index is 12.5. The second kappa shape index (κ2) is 9.74. The summed E-state index contributed by atoms with van der Waals surface area (Å²) in [4.78, 5) is 30.6. The van der Waals surface area contributed by atoms with Crippen molar-refractivity contribution in [2.24, 2.45) is 5.92 Å². The van der Waals surface area contributed by atoms with E-state index < -0.39 is 0 Å². The van der Waals surface area contributed by atoms with Crippen molar-refractivity contribution in [1.29, 1.82) is 0 Å². The summed E-state index contributed by atoms with van der Waals surface area (Å²) in [6, 6.07) is 6.16. The molecule has 1 aliphatic heterocycles. The molecule has 6 nitrogen and oxygen atoms in total. The van der Waals surface area contributed by atoms with E-state index in [9.17, 15) is 9.59 Å². The lowest BCUT2D eigenvalue weighted by Gasteiger charge is -2.34. The van der Waals surface area contributed by atoms with Gasteiger partial charge in [-0.25, -0.2) is 4.79 Å². The van der Waals surface area contributed by atoms with Gasteiger partial charge >= 0.3 is 6.03 Å². The minimum Gasteiger partial charge on any atom is -0.338 e. The van der Waals surface area contributed by atoms with Crippen LogP contribution in [0.5, 0.6) is 0 Å². The van der Waals surface area contributed by atoms with Gasteiger partial charge in [0.25, 0.3) is 0 Å². The van der Waals surface area contributed by atoms with E-state index >= 15 is 0 Å². The van der Waals surface area contributed by atoms with Crippen LogP contribution in [0.1, 0.15) is 30.5 Å². The van der Waals surface area contributed by atoms with Gasteiger partial charge in [0.05, 0.1) is 0 Å². The van der Waals surface area contributed by atoms with Crippen molar-refractivity contribution < 1.29 is 9.59 Å². The van der Waals surface area contributed by atoms with Crippen molar-refractivity contribution in [1.82, 2.24) is 20.0 Å². The Morgan fingerprint density at radius 3 is 2.63 bits per heavy atom. The van der Waals surface area contributed by atoms with E-state index in [1.165, 1.54) is 11.1 Å². The highest BCUT2D eigenvalue weighted by Crippen LogP contribution is 2.14. The van der Waals surface area contributed by atoms with E-state index in [-0.39, 0.29) is 18.5 Å². The summed E-state index contributed by atoms with van der Waals surface area (Å²) >= 11 is 0. The van der Waals surface area contributed by atoms with Crippen LogP contribution in [0.2, 0.25) is 0 Å². The summed E-state index contributed by atoms with van der Waals surface area (Å²) in [5.41, 5.74) is 3.63. The molecule has 0 aliphatic carbocycles. The number of hydrogen-bond acceptors (Lipinski definition) is 3. The molecule has 3 amide bonds. The third-order valence-corrected chi connectivity index (χ3v) is 5.32. The quantitative estimate of drug-likeness (QED) is 0.796. The Balaban J connectivity index is 1.80. The molecule has 0 saturated carbocycles. The Morgan fingerprint density at radius 2 is 2.00 bits per heavy atom. The number of aryl methyl sites for hydroxylation is 2. The van der Waals surface area contributed by atoms with Crippen LogP contribution in [0.3, 0.4) is 0 Å². The average Bonchev–Trinajstić information content (AvgIpc) is 2.64. The lowest BCUT2D eigenvalue weighted by Crippen LogP contribution is -2.54. The van der Waals surface area contributed by atoms with E-state index in [1.54, 1.807) is 4.90 Å². The maximum atomic E-state index is 12.5. The molecule has 0 aromatic heterocycles.